The lowest BCUT2D eigenvalue weighted by atomic mass is 10.1. The fourth-order valence-electron chi connectivity index (χ4n) is 10.4. The zero-order valence-electron chi connectivity index (χ0n) is 50.4. The fourth-order valence-corrected chi connectivity index (χ4v) is 15.3. The Morgan fingerprint density at radius 2 is 0.859 bits per heavy atom. The number of nitrogens with zero attached hydrogens (tertiary/aromatic N) is 6. The predicted octanol–water partition coefficient (Wildman–Crippen LogP) is 9.68. The molecule has 44 heteroatoms. The van der Waals surface area contributed by atoms with Crippen LogP contribution < -0.4 is 28.5 Å². The van der Waals surface area contributed by atoms with Crippen LogP contribution in [0.25, 0.3) is 0 Å². The number of aromatic nitrogens is 6. The van der Waals surface area contributed by atoms with Crippen molar-refractivity contribution >= 4 is 81.5 Å². The number of rotatable bonds is 15. The second kappa shape index (κ2) is 30.5. The second-order valence-corrected chi connectivity index (χ2v) is 28.7. The van der Waals surface area contributed by atoms with Crippen LogP contribution in [-0.2, 0) is 68.6 Å². The molecule has 0 amide bonds. The van der Waals surface area contributed by atoms with E-state index in [2.05, 4.69) is 15.0 Å². The molecule has 15 atom stereocenters. The summed E-state index contributed by atoms with van der Waals surface area (Å²) in [5.41, 5.74) is 8.53. The number of ether oxygens (including phenoxy) is 3. The standard InChI is InChI=1S/C19H19Cl2F2N2O7P.2C18H18ClF3N3O7P/c1-10-4-6-25(18(27)24-10)17-19(22,23)16(26)15(31-17)9-30-33(28)29-7-5-14(32-33)12-8-11(20)2-3-13(12)21;19-11-2-1-9(20)7-10(11)12-4-6-29-33(28,32-12)30-8-13-15(26)18(21,22)16(31-13)25-5-3-14(23)24-17(25)27;19-9-1-2-11(20)10(7-9)12-4-6-29-33(28,32-12)30-8-13-15(26)18(21,22)16(31-13)25-5-3-14(23)24-17(25)27/h2-4,6,8,14-17,26H,5,7,9H2,1H3;2*1-3,5,7,12-13,15-16,26H,4,6,8H2,(H2,23,24,27)/t14-,15-,16-,17-,33?;2*12-,13-,15-,16-,33?/m111/s1. The van der Waals surface area contributed by atoms with Gasteiger partial charge in [-0.05, 0) is 79.7 Å². The highest BCUT2D eigenvalue weighted by Gasteiger charge is 2.63. The van der Waals surface area contributed by atoms with Gasteiger partial charge in [-0.15, -0.1) is 0 Å². The van der Waals surface area contributed by atoms with Crippen LogP contribution in [0.5, 0.6) is 0 Å². The summed E-state index contributed by atoms with van der Waals surface area (Å²) in [5, 5.41) is 31.3. The summed E-state index contributed by atoms with van der Waals surface area (Å²) in [4.78, 5) is 46.2. The number of aliphatic hydroxyl groups excluding tert-OH is 3. The molecule has 540 valence electrons. The summed E-state index contributed by atoms with van der Waals surface area (Å²) in [6, 6.07) is 15.5. The molecule has 29 nitrogen and oxygen atoms in total. The first kappa shape index (κ1) is 76.2. The molecule has 12 rings (SSSR count). The number of aryl methyl sites for hydroxylation is 1. The monoisotopic (exact) mass is 1550 g/mol. The van der Waals surface area contributed by atoms with Crippen molar-refractivity contribution in [1.82, 2.24) is 28.7 Å². The van der Waals surface area contributed by atoms with Crippen molar-refractivity contribution in [2.24, 2.45) is 0 Å². The van der Waals surface area contributed by atoms with E-state index in [1.165, 1.54) is 31.2 Å². The highest BCUT2D eigenvalue weighted by molar-refractivity contribution is 7.49. The van der Waals surface area contributed by atoms with E-state index in [1.807, 2.05) is 0 Å². The summed E-state index contributed by atoms with van der Waals surface area (Å²) >= 11 is 24.1. The van der Waals surface area contributed by atoms with Crippen LogP contribution in [0.4, 0.5) is 46.8 Å². The number of hydrogen-bond acceptors (Lipinski definition) is 26. The van der Waals surface area contributed by atoms with E-state index < -0.39 is 163 Å². The van der Waals surface area contributed by atoms with Crippen LogP contribution in [0.1, 0.15) is 78.6 Å². The van der Waals surface area contributed by atoms with Crippen molar-refractivity contribution in [1.29, 1.82) is 0 Å². The number of nitrogens with two attached hydrogens (primary N) is 2. The minimum Gasteiger partial charge on any atom is -0.384 e. The molecule has 0 radical (unpaired) electrons. The van der Waals surface area contributed by atoms with E-state index in [1.54, 1.807) is 18.2 Å². The Kier molecular flexibility index (Phi) is 23.5. The maximum absolute atomic E-state index is 14.7. The first-order valence-corrected chi connectivity index (χ1v) is 34.9. The normalized spacial score (nSPS) is 31.6. The Morgan fingerprint density at radius 1 is 0.515 bits per heavy atom. The fraction of sp³-hybridized carbons (Fsp3) is 0.455. The van der Waals surface area contributed by atoms with Gasteiger partial charge < -0.3 is 41.0 Å². The number of aliphatic hydroxyl groups is 3. The number of phosphoric ester groups is 3. The van der Waals surface area contributed by atoms with Gasteiger partial charge in [0.2, 0.25) is 18.7 Å². The van der Waals surface area contributed by atoms with Gasteiger partial charge in [-0.1, -0.05) is 46.4 Å². The molecule has 0 spiro atoms. The van der Waals surface area contributed by atoms with Crippen LogP contribution in [0.3, 0.4) is 0 Å². The van der Waals surface area contributed by atoms with Crippen LogP contribution in [0.2, 0.25) is 20.1 Å². The van der Waals surface area contributed by atoms with Gasteiger partial charge in [0.05, 0.1) is 58.0 Å². The molecule has 6 aliphatic heterocycles. The first-order valence-electron chi connectivity index (χ1n) is 29.0. The summed E-state index contributed by atoms with van der Waals surface area (Å²) in [6.45, 7) is -1.19. The average molecular weight is 1550 g/mol. The molecule has 0 bridgehead atoms. The van der Waals surface area contributed by atoms with Gasteiger partial charge in [-0.25, -0.2) is 36.9 Å². The molecule has 6 fully saturated rings. The van der Waals surface area contributed by atoms with E-state index in [0.29, 0.717) is 41.4 Å². The van der Waals surface area contributed by atoms with Crippen LogP contribution in [0.15, 0.2) is 106 Å². The molecule has 6 aliphatic rings. The van der Waals surface area contributed by atoms with E-state index in [4.69, 9.17) is 113 Å². The third kappa shape index (κ3) is 17.1. The second-order valence-electron chi connectivity index (χ2n) is 22.2. The van der Waals surface area contributed by atoms with Crippen LogP contribution in [0, 0.1) is 18.6 Å². The number of nitrogen functional groups attached to an aromatic ring is 2. The molecule has 0 aliphatic carbocycles. The maximum atomic E-state index is 14.7. The minimum absolute atomic E-state index is 0.0219. The molecule has 9 heterocycles. The van der Waals surface area contributed by atoms with E-state index in [-0.39, 0.29) is 65.5 Å². The van der Waals surface area contributed by atoms with Gasteiger partial charge >= 0.3 is 58.3 Å². The zero-order valence-corrected chi connectivity index (χ0v) is 56.1. The van der Waals surface area contributed by atoms with Gasteiger partial charge in [0.25, 0.3) is 0 Å². The van der Waals surface area contributed by atoms with E-state index in [0.717, 1.165) is 48.9 Å². The molecular weight excluding hydrogens is 1500 g/mol. The van der Waals surface area contributed by atoms with Crippen molar-refractivity contribution in [3.63, 3.8) is 0 Å². The number of alkyl halides is 6. The minimum atomic E-state index is -4.34. The Bertz CT molecular complexity index is 3880. The van der Waals surface area contributed by atoms with Crippen molar-refractivity contribution in [2.45, 2.75) is 118 Å². The van der Waals surface area contributed by atoms with Crippen LogP contribution in [-0.4, -0.2) is 138 Å². The summed E-state index contributed by atoms with van der Waals surface area (Å²) < 4.78 is 218. The topological polar surface area (TPSA) is 379 Å². The van der Waals surface area contributed by atoms with E-state index >= 15 is 0 Å². The number of halogens is 12. The molecular formula is C55H55Cl4F8N8O21P3. The first-order chi connectivity index (χ1) is 46.5. The maximum Gasteiger partial charge on any atom is 0.475 e. The lowest BCUT2D eigenvalue weighted by Crippen LogP contribution is -2.42. The molecule has 0 saturated carbocycles. The number of hydrogen-bond donors (Lipinski definition) is 5. The SMILES string of the molecule is Cc1ccn([C@@H]2O[C@H](COP3(=O)OCC[C@H](c4cc(Cl)ccc4Cl)O3)[C@@H](O)C2(F)F)c(=O)n1.Nc1ccn([C@@H]2O[C@H](COP3(=O)OCC[C@H](c4cc(Cl)ccc4F)O3)[C@@H](O)C2(F)F)c(=O)n1.Nc1ccn([C@@H]2O[C@H](COP3(=O)OCC[C@H](c4cc(F)ccc4Cl)O3)[C@@H](O)C2(F)F)c(=O)n1. The number of anilines is 2. The lowest BCUT2D eigenvalue weighted by Gasteiger charge is -2.30. The third-order valence-corrected chi connectivity index (χ3v) is 20.9. The van der Waals surface area contributed by atoms with E-state index in [9.17, 15) is 78.5 Å². The summed E-state index contributed by atoms with van der Waals surface area (Å²) in [7, 11) is -12.9. The quantitative estimate of drug-likeness (QED) is 0.0471. The molecule has 3 unspecified atom stereocenters. The Balaban J connectivity index is 0.000000161. The van der Waals surface area contributed by atoms with Crippen molar-refractivity contribution in [3.8, 4) is 0 Å². The smallest absolute Gasteiger partial charge is 0.384 e. The average Bonchev–Trinajstić information content (AvgIpc) is 1.62. The van der Waals surface area contributed by atoms with Crippen LogP contribution >= 0.6 is 69.9 Å². The van der Waals surface area contributed by atoms with Gasteiger partial charge in [-0.2, -0.15) is 41.3 Å². The number of benzene rings is 3. The lowest BCUT2D eigenvalue weighted by molar-refractivity contribution is -0.141. The van der Waals surface area contributed by atoms with Gasteiger partial charge in [0.1, 0.15) is 41.6 Å². The molecule has 99 heavy (non-hydrogen) atoms. The molecule has 3 aromatic heterocycles. The van der Waals surface area contributed by atoms with Crippen molar-refractivity contribution in [2.75, 3.05) is 51.1 Å². The largest absolute Gasteiger partial charge is 0.475 e. The summed E-state index contributed by atoms with van der Waals surface area (Å²) in [5.74, 6) is -13.3. The van der Waals surface area contributed by atoms with Crippen molar-refractivity contribution < 1.29 is 119 Å². The Morgan fingerprint density at radius 3 is 1.25 bits per heavy atom. The molecule has 3 aromatic carbocycles. The third-order valence-electron chi connectivity index (χ3n) is 15.3. The number of phosphoric acid groups is 3. The van der Waals surface area contributed by atoms with Gasteiger partial charge in [0.15, 0.2) is 18.3 Å². The Hall–Kier alpha value is -5.41. The molecule has 7 N–H and O–H groups in total. The van der Waals surface area contributed by atoms with Crippen molar-refractivity contribution in [3.05, 3.63) is 177 Å². The molecule has 6 aromatic rings. The highest BCUT2D eigenvalue weighted by atomic mass is 35.5. The highest BCUT2D eigenvalue weighted by Crippen LogP contribution is 2.61. The zero-order chi connectivity index (χ0) is 71.9. The summed E-state index contributed by atoms with van der Waals surface area (Å²) in [6.07, 6.45) is -18.0. The Labute approximate surface area is 572 Å². The predicted molar refractivity (Wildman–Crippen MR) is 327 cm³/mol. The van der Waals surface area contributed by atoms with Gasteiger partial charge in [0, 0.05) is 80.3 Å². The van der Waals surface area contributed by atoms with Gasteiger partial charge in [-0.3, -0.25) is 54.4 Å². The molecule has 6 saturated heterocycles.